The molecule has 1 aromatic carbocycles. The summed E-state index contributed by atoms with van der Waals surface area (Å²) in [4.78, 5) is 0. The van der Waals surface area contributed by atoms with Gasteiger partial charge in [-0.05, 0) is 56.3 Å². The SMILES string of the molecule is CCCNC(CCOCCC)c1cccc(C)c1C. The van der Waals surface area contributed by atoms with Crippen LogP contribution in [0.1, 0.15) is 55.8 Å². The minimum atomic E-state index is 0.414. The molecule has 19 heavy (non-hydrogen) atoms. The number of aryl methyl sites for hydroxylation is 1. The van der Waals surface area contributed by atoms with Crippen molar-refractivity contribution in [2.75, 3.05) is 19.8 Å². The third kappa shape index (κ3) is 5.33. The highest BCUT2D eigenvalue weighted by Crippen LogP contribution is 2.23. The summed E-state index contributed by atoms with van der Waals surface area (Å²) in [7, 11) is 0. The van der Waals surface area contributed by atoms with Crippen LogP contribution in [0, 0.1) is 13.8 Å². The quantitative estimate of drug-likeness (QED) is 0.675. The number of hydrogen-bond acceptors (Lipinski definition) is 2. The number of nitrogens with one attached hydrogen (secondary N) is 1. The fourth-order valence-corrected chi connectivity index (χ4v) is 2.28. The summed E-state index contributed by atoms with van der Waals surface area (Å²) in [5, 5.41) is 3.65. The topological polar surface area (TPSA) is 21.3 Å². The molecule has 0 heterocycles. The Bertz CT molecular complexity index is 362. The van der Waals surface area contributed by atoms with Gasteiger partial charge in [-0.3, -0.25) is 0 Å². The normalized spacial score (nSPS) is 12.6. The van der Waals surface area contributed by atoms with Gasteiger partial charge in [0.05, 0.1) is 0 Å². The van der Waals surface area contributed by atoms with Crippen LogP contribution in [-0.2, 0) is 4.74 Å². The minimum absolute atomic E-state index is 0.414. The molecule has 1 atom stereocenters. The van der Waals surface area contributed by atoms with E-state index in [1.54, 1.807) is 0 Å². The van der Waals surface area contributed by atoms with Crippen molar-refractivity contribution in [1.29, 1.82) is 0 Å². The number of benzene rings is 1. The summed E-state index contributed by atoms with van der Waals surface area (Å²) in [5.74, 6) is 0. The smallest absolute Gasteiger partial charge is 0.0484 e. The third-order valence-electron chi connectivity index (χ3n) is 3.56. The third-order valence-corrected chi connectivity index (χ3v) is 3.56. The van der Waals surface area contributed by atoms with Crippen molar-refractivity contribution >= 4 is 0 Å². The first-order chi connectivity index (χ1) is 9.20. The second kappa shape index (κ2) is 9.11. The van der Waals surface area contributed by atoms with Gasteiger partial charge >= 0.3 is 0 Å². The van der Waals surface area contributed by atoms with E-state index < -0.39 is 0 Å². The molecule has 0 amide bonds. The van der Waals surface area contributed by atoms with E-state index in [2.05, 4.69) is 51.2 Å². The van der Waals surface area contributed by atoms with E-state index in [0.717, 1.165) is 39.0 Å². The van der Waals surface area contributed by atoms with Crippen LogP contribution in [0.25, 0.3) is 0 Å². The molecule has 0 fully saturated rings. The molecule has 0 aliphatic rings. The molecule has 0 aliphatic heterocycles. The Kier molecular flexibility index (Phi) is 7.76. The van der Waals surface area contributed by atoms with Crippen LogP contribution >= 0.6 is 0 Å². The lowest BCUT2D eigenvalue weighted by Crippen LogP contribution is -2.24. The summed E-state index contributed by atoms with van der Waals surface area (Å²) in [6, 6.07) is 7.00. The van der Waals surface area contributed by atoms with Crippen molar-refractivity contribution in [3.05, 3.63) is 34.9 Å². The Morgan fingerprint density at radius 3 is 2.58 bits per heavy atom. The minimum Gasteiger partial charge on any atom is -0.381 e. The molecular formula is C17H29NO. The van der Waals surface area contributed by atoms with E-state index in [0.29, 0.717) is 6.04 Å². The lowest BCUT2D eigenvalue weighted by Gasteiger charge is -2.22. The Labute approximate surface area is 118 Å². The first-order valence-electron chi connectivity index (χ1n) is 7.57. The zero-order valence-electron chi connectivity index (χ0n) is 13.0. The van der Waals surface area contributed by atoms with Gasteiger partial charge in [-0.2, -0.15) is 0 Å². The van der Waals surface area contributed by atoms with E-state index >= 15 is 0 Å². The number of ether oxygens (including phenoxy) is 1. The highest BCUT2D eigenvalue weighted by Gasteiger charge is 2.13. The fourth-order valence-electron chi connectivity index (χ4n) is 2.28. The molecule has 0 aromatic heterocycles. The maximum Gasteiger partial charge on any atom is 0.0484 e. The zero-order chi connectivity index (χ0) is 14.1. The van der Waals surface area contributed by atoms with E-state index in [1.165, 1.54) is 16.7 Å². The van der Waals surface area contributed by atoms with Gasteiger partial charge < -0.3 is 10.1 Å². The molecule has 0 aliphatic carbocycles. The molecule has 1 rings (SSSR count). The molecule has 1 unspecified atom stereocenters. The zero-order valence-corrected chi connectivity index (χ0v) is 13.0. The number of rotatable bonds is 9. The predicted molar refractivity (Wildman–Crippen MR) is 82.7 cm³/mol. The molecule has 108 valence electrons. The summed E-state index contributed by atoms with van der Waals surface area (Å²) in [6.45, 7) is 11.5. The van der Waals surface area contributed by atoms with Gasteiger partial charge in [0.15, 0.2) is 0 Å². The van der Waals surface area contributed by atoms with Crippen LogP contribution in [0.5, 0.6) is 0 Å². The van der Waals surface area contributed by atoms with Crippen LogP contribution in [-0.4, -0.2) is 19.8 Å². The fraction of sp³-hybridized carbons (Fsp3) is 0.647. The average Bonchev–Trinajstić information content (AvgIpc) is 2.42. The van der Waals surface area contributed by atoms with E-state index in [1.807, 2.05) is 0 Å². The van der Waals surface area contributed by atoms with E-state index in [4.69, 9.17) is 4.74 Å². The monoisotopic (exact) mass is 263 g/mol. The molecule has 2 nitrogen and oxygen atoms in total. The van der Waals surface area contributed by atoms with Gasteiger partial charge in [0, 0.05) is 19.3 Å². The van der Waals surface area contributed by atoms with E-state index in [9.17, 15) is 0 Å². The lowest BCUT2D eigenvalue weighted by molar-refractivity contribution is 0.124. The molecule has 2 heteroatoms. The van der Waals surface area contributed by atoms with Gasteiger partial charge in [0.1, 0.15) is 0 Å². The Morgan fingerprint density at radius 1 is 1.11 bits per heavy atom. The Morgan fingerprint density at radius 2 is 1.89 bits per heavy atom. The summed E-state index contributed by atoms with van der Waals surface area (Å²) in [5.41, 5.74) is 4.20. The predicted octanol–water partition coefficient (Wildman–Crippen LogP) is 4.16. The molecule has 0 saturated heterocycles. The second-order valence-corrected chi connectivity index (χ2v) is 5.20. The van der Waals surface area contributed by atoms with Crippen molar-refractivity contribution in [2.45, 2.75) is 53.0 Å². The second-order valence-electron chi connectivity index (χ2n) is 5.20. The maximum atomic E-state index is 5.64. The summed E-state index contributed by atoms with van der Waals surface area (Å²) in [6.07, 6.45) is 3.30. The van der Waals surface area contributed by atoms with Crippen LogP contribution in [0.2, 0.25) is 0 Å². The van der Waals surface area contributed by atoms with Crippen LogP contribution in [0.15, 0.2) is 18.2 Å². The van der Waals surface area contributed by atoms with Crippen molar-refractivity contribution < 1.29 is 4.74 Å². The Balaban J connectivity index is 2.69. The van der Waals surface area contributed by atoms with Crippen molar-refractivity contribution in [2.24, 2.45) is 0 Å². The highest BCUT2D eigenvalue weighted by molar-refractivity contribution is 5.35. The first kappa shape index (κ1) is 16.2. The molecule has 0 saturated carbocycles. The van der Waals surface area contributed by atoms with Crippen LogP contribution in [0.4, 0.5) is 0 Å². The molecule has 1 aromatic rings. The van der Waals surface area contributed by atoms with Gasteiger partial charge in [-0.15, -0.1) is 0 Å². The van der Waals surface area contributed by atoms with Crippen LogP contribution < -0.4 is 5.32 Å². The molecule has 0 radical (unpaired) electrons. The van der Waals surface area contributed by atoms with Crippen molar-refractivity contribution in [1.82, 2.24) is 5.32 Å². The Hall–Kier alpha value is -0.860. The molecule has 0 spiro atoms. The number of hydrogen-bond donors (Lipinski definition) is 1. The van der Waals surface area contributed by atoms with Crippen molar-refractivity contribution in [3.63, 3.8) is 0 Å². The van der Waals surface area contributed by atoms with Gasteiger partial charge in [-0.1, -0.05) is 32.0 Å². The highest BCUT2D eigenvalue weighted by atomic mass is 16.5. The standard InChI is InChI=1S/C17H29NO/c1-5-11-18-17(10-13-19-12-6-2)16-9-7-8-14(3)15(16)4/h7-9,17-18H,5-6,10-13H2,1-4H3. The van der Waals surface area contributed by atoms with Gasteiger partial charge in [-0.25, -0.2) is 0 Å². The lowest BCUT2D eigenvalue weighted by atomic mass is 9.95. The molecule has 0 bridgehead atoms. The molecule has 1 N–H and O–H groups in total. The van der Waals surface area contributed by atoms with Gasteiger partial charge in [0.2, 0.25) is 0 Å². The first-order valence-corrected chi connectivity index (χ1v) is 7.57. The largest absolute Gasteiger partial charge is 0.381 e. The summed E-state index contributed by atoms with van der Waals surface area (Å²) < 4.78 is 5.64. The molecular weight excluding hydrogens is 234 g/mol. The van der Waals surface area contributed by atoms with Crippen LogP contribution in [0.3, 0.4) is 0 Å². The van der Waals surface area contributed by atoms with Crippen molar-refractivity contribution in [3.8, 4) is 0 Å². The van der Waals surface area contributed by atoms with E-state index in [-0.39, 0.29) is 0 Å². The average molecular weight is 263 g/mol. The summed E-state index contributed by atoms with van der Waals surface area (Å²) >= 11 is 0. The van der Waals surface area contributed by atoms with Gasteiger partial charge in [0.25, 0.3) is 0 Å². The maximum absolute atomic E-state index is 5.64.